The van der Waals surface area contributed by atoms with E-state index in [-0.39, 0.29) is 12.5 Å². The molecule has 110 valence electrons. The lowest BCUT2D eigenvalue weighted by atomic mass is 10.1. The van der Waals surface area contributed by atoms with Crippen molar-refractivity contribution in [2.75, 3.05) is 17.2 Å². The Morgan fingerprint density at radius 2 is 1.71 bits per heavy atom. The monoisotopic (exact) mass is 302 g/mol. The fourth-order valence-corrected chi connectivity index (χ4v) is 2.13. The molecule has 0 unspecified atom stereocenters. The lowest BCUT2D eigenvalue weighted by Gasteiger charge is -2.11. The lowest BCUT2D eigenvalue weighted by Crippen LogP contribution is -2.22. The first-order valence-electron chi connectivity index (χ1n) is 6.83. The quantitative estimate of drug-likeness (QED) is 0.883. The van der Waals surface area contributed by atoms with Gasteiger partial charge < -0.3 is 10.6 Å². The van der Waals surface area contributed by atoms with Crippen LogP contribution in [0.1, 0.15) is 16.7 Å². The van der Waals surface area contributed by atoms with Crippen molar-refractivity contribution < 1.29 is 4.79 Å². The summed E-state index contributed by atoms with van der Waals surface area (Å²) in [4.78, 5) is 12.0. The average molecular weight is 303 g/mol. The van der Waals surface area contributed by atoms with Crippen LogP contribution in [-0.4, -0.2) is 12.5 Å². The van der Waals surface area contributed by atoms with Gasteiger partial charge in [0.15, 0.2) is 0 Å². The van der Waals surface area contributed by atoms with E-state index in [1.54, 1.807) is 12.1 Å². The molecule has 0 spiro atoms. The second kappa shape index (κ2) is 6.64. The first-order chi connectivity index (χ1) is 9.95. The van der Waals surface area contributed by atoms with Crippen LogP contribution >= 0.6 is 11.6 Å². The number of aryl methyl sites for hydroxylation is 3. The number of rotatable bonds is 4. The molecular weight excluding hydrogens is 284 g/mol. The zero-order valence-electron chi connectivity index (χ0n) is 12.5. The second-order valence-corrected chi connectivity index (χ2v) is 5.60. The number of carbonyl (C=O) groups is 1. The van der Waals surface area contributed by atoms with Gasteiger partial charge in [-0.15, -0.1) is 0 Å². The Kier molecular flexibility index (Phi) is 4.86. The van der Waals surface area contributed by atoms with Crippen molar-refractivity contribution in [3.8, 4) is 0 Å². The van der Waals surface area contributed by atoms with Crippen LogP contribution in [0.25, 0.3) is 0 Å². The van der Waals surface area contributed by atoms with Crippen molar-refractivity contribution >= 4 is 28.9 Å². The fourth-order valence-electron chi connectivity index (χ4n) is 1.96. The number of amides is 1. The van der Waals surface area contributed by atoms with Crippen LogP contribution in [0.5, 0.6) is 0 Å². The van der Waals surface area contributed by atoms with Crippen molar-refractivity contribution in [2.45, 2.75) is 20.8 Å². The van der Waals surface area contributed by atoms with Gasteiger partial charge in [-0.1, -0.05) is 23.7 Å². The van der Waals surface area contributed by atoms with Crippen LogP contribution < -0.4 is 10.6 Å². The number of hydrogen-bond donors (Lipinski definition) is 2. The molecule has 0 aliphatic heterocycles. The first kappa shape index (κ1) is 15.4. The van der Waals surface area contributed by atoms with Crippen LogP contribution in [0, 0.1) is 20.8 Å². The molecule has 0 saturated heterocycles. The standard InChI is InChI=1S/C17H19ClN2O/c1-11-5-7-15(8-13(11)3)19-10-17(21)20-16-9-14(18)6-4-12(16)2/h4-9,19H,10H2,1-3H3,(H,20,21). The van der Waals surface area contributed by atoms with Crippen LogP contribution in [-0.2, 0) is 4.79 Å². The molecule has 1 amide bonds. The third-order valence-corrected chi connectivity index (χ3v) is 3.67. The number of benzene rings is 2. The summed E-state index contributed by atoms with van der Waals surface area (Å²) in [6.07, 6.45) is 0. The maximum atomic E-state index is 12.0. The van der Waals surface area contributed by atoms with E-state index in [0.717, 1.165) is 16.9 Å². The second-order valence-electron chi connectivity index (χ2n) is 5.16. The Hall–Kier alpha value is -2.00. The molecule has 2 N–H and O–H groups in total. The molecule has 2 aromatic carbocycles. The molecule has 0 bridgehead atoms. The maximum absolute atomic E-state index is 12.0. The fraction of sp³-hybridized carbons (Fsp3) is 0.235. The predicted molar refractivity (Wildman–Crippen MR) is 89.2 cm³/mol. The molecule has 2 aromatic rings. The Morgan fingerprint density at radius 1 is 1.00 bits per heavy atom. The van der Waals surface area contributed by atoms with E-state index in [1.165, 1.54) is 11.1 Å². The van der Waals surface area contributed by atoms with E-state index < -0.39 is 0 Å². The van der Waals surface area contributed by atoms with E-state index in [4.69, 9.17) is 11.6 Å². The zero-order valence-corrected chi connectivity index (χ0v) is 13.2. The number of anilines is 2. The number of carbonyl (C=O) groups excluding carboxylic acids is 1. The van der Waals surface area contributed by atoms with E-state index in [2.05, 4.69) is 24.5 Å². The van der Waals surface area contributed by atoms with Crippen LogP contribution in [0.15, 0.2) is 36.4 Å². The molecule has 0 heterocycles. The van der Waals surface area contributed by atoms with Gasteiger partial charge in [-0.3, -0.25) is 4.79 Å². The Morgan fingerprint density at radius 3 is 2.43 bits per heavy atom. The minimum absolute atomic E-state index is 0.0985. The van der Waals surface area contributed by atoms with Gasteiger partial charge in [0, 0.05) is 16.4 Å². The van der Waals surface area contributed by atoms with E-state index >= 15 is 0 Å². The summed E-state index contributed by atoms with van der Waals surface area (Å²) in [5.41, 5.74) is 5.11. The number of hydrogen-bond acceptors (Lipinski definition) is 2. The van der Waals surface area contributed by atoms with Crippen molar-refractivity contribution in [1.82, 2.24) is 0 Å². The minimum Gasteiger partial charge on any atom is -0.376 e. The highest BCUT2D eigenvalue weighted by atomic mass is 35.5. The molecule has 3 nitrogen and oxygen atoms in total. The Balaban J connectivity index is 1.95. The topological polar surface area (TPSA) is 41.1 Å². The van der Waals surface area contributed by atoms with Crippen LogP contribution in [0.2, 0.25) is 5.02 Å². The van der Waals surface area contributed by atoms with Crippen LogP contribution in [0.3, 0.4) is 0 Å². The third kappa shape index (κ3) is 4.23. The van der Waals surface area contributed by atoms with Gasteiger partial charge in [-0.05, 0) is 61.7 Å². The highest BCUT2D eigenvalue weighted by molar-refractivity contribution is 6.31. The average Bonchev–Trinajstić information content (AvgIpc) is 2.44. The molecule has 4 heteroatoms. The maximum Gasteiger partial charge on any atom is 0.243 e. The normalized spacial score (nSPS) is 10.3. The highest BCUT2D eigenvalue weighted by Gasteiger charge is 2.05. The van der Waals surface area contributed by atoms with Crippen molar-refractivity contribution in [3.63, 3.8) is 0 Å². The third-order valence-electron chi connectivity index (χ3n) is 3.43. The minimum atomic E-state index is -0.0985. The summed E-state index contributed by atoms with van der Waals surface area (Å²) in [7, 11) is 0. The zero-order chi connectivity index (χ0) is 15.4. The SMILES string of the molecule is Cc1ccc(NCC(=O)Nc2cc(Cl)ccc2C)cc1C. The van der Waals surface area contributed by atoms with Crippen molar-refractivity contribution in [2.24, 2.45) is 0 Å². The molecule has 0 radical (unpaired) electrons. The van der Waals surface area contributed by atoms with Gasteiger partial charge >= 0.3 is 0 Å². The van der Waals surface area contributed by atoms with Gasteiger partial charge in [-0.25, -0.2) is 0 Å². The van der Waals surface area contributed by atoms with Gasteiger partial charge in [0.05, 0.1) is 6.54 Å². The predicted octanol–water partition coefficient (Wildman–Crippen LogP) is 4.32. The molecule has 21 heavy (non-hydrogen) atoms. The van der Waals surface area contributed by atoms with E-state index in [9.17, 15) is 4.79 Å². The molecule has 0 aliphatic rings. The molecule has 0 atom stereocenters. The summed E-state index contributed by atoms with van der Waals surface area (Å²) in [5, 5.41) is 6.59. The van der Waals surface area contributed by atoms with Crippen LogP contribution in [0.4, 0.5) is 11.4 Å². The summed E-state index contributed by atoms with van der Waals surface area (Å²) in [6, 6.07) is 11.5. The summed E-state index contributed by atoms with van der Waals surface area (Å²) >= 11 is 5.94. The molecule has 0 aliphatic carbocycles. The van der Waals surface area contributed by atoms with Gasteiger partial charge in [0.1, 0.15) is 0 Å². The van der Waals surface area contributed by atoms with Crippen molar-refractivity contribution in [3.05, 3.63) is 58.1 Å². The number of nitrogens with one attached hydrogen (secondary N) is 2. The molecular formula is C17H19ClN2O. The summed E-state index contributed by atoms with van der Waals surface area (Å²) in [6.45, 7) is 6.26. The smallest absolute Gasteiger partial charge is 0.243 e. The molecule has 0 saturated carbocycles. The van der Waals surface area contributed by atoms with Gasteiger partial charge in [-0.2, -0.15) is 0 Å². The van der Waals surface area contributed by atoms with E-state index in [0.29, 0.717) is 5.02 Å². The molecule has 0 aromatic heterocycles. The highest BCUT2D eigenvalue weighted by Crippen LogP contribution is 2.20. The Labute approximate surface area is 130 Å². The number of halogens is 1. The summed E-state index contributed by atoms with van der Waals surface area (Å²) < 4.78 is 0. The van der Waals surface area contributed by atoms with Gasteiger partial charge in [0.25, 0.3) is 0 Å². The van der Waals surface area contributed by atoms with Crippen molar-refractivity contribution in [1.29, 1.82) is 0 Å². The van der Waals surface area contributed by atoms with Gasteiger partial charge in [0.2, 0.25) is 5.91 Å². The summed E-state index contributed by atoms with van der Waals surface area (Å²) in [5.74, 6) is -0.0985. The van der Waals surface area contributed by atoms with E-state index in [1.807, 2.05) is 31.2 Å². The first-order valence-corrected chi connectivity index (χ1v) is 7.20. The molecule has 2 rings (SSSR count). The lowest BCUT2D eigenvalue weighted by molar-refractivity contribution is -0.114. The molecule has 0 fully saturated rings. The largest absolute Gasteiger partial charge is 0.376 e. The Bertz CT molecular complexity index is 668.